The molecule has 96 valence electrons. The van der Waals surface area contributed by atoms with Crippen LogP contribution in [0.25, 0.3) is 0 Å². The molecule has 0 fully saturated rings. The molecule has 17 heavy (non-hydrogen) atoms. The molecule has 0 spiro atoms. The van der Waals surface area contributed by atoms with Crippen LogP contribution >= 0.6 is 11.6 Å². The van der Waals surface area contributed by atoms with Crippen molar-refractivity contribution in [2.45, 2.75) is 20.4 Å². The van der Waals surface area contributed by atoms with Gasteiger partial charge in [0.15, 0.2) is 0 Å². The number of rotatable bonds is 5. The Hall–Kier alpha value is -0.580. The highest BCUT2D eigenvalue weighted by Crippen LogP contribution is 2.14. The second-order valence-electron chi connectivity index (χ2n) is 4.19. The molecule has 0 aliphatic rings. The zero-order chi connectivity index (χ0) is 13.1. The number of sulfonamides is 1. The molecule has 0 saturated carbocycles. The lowest BCUT2D eigenvalue weighted by atomic mass is 10.1. The van der Waals surface area contributed by atoms with Crippen molar-refractivity contribution in [1.29, 1.82) is 0 Å². The van der Waals surface area contributed by atoms with Gasteiger partial charge in [0.1, 0.15) is 0 Å². The van der Waals surface area contributed by atoms with Crippen molar-refractivity contribution in [3.8, 4) is 0 Å². The lowest BCUT2D eigenvalue weighted by molar-refractivity contribution is 0.467. The van der Waals surface area contributed by atoms with Crippen LogP contribution in [0.15, 0.2) is 18.2 Å². The number of hydrogen-bond donors (Lipinski definition) is 0. The standard InChI is InChI=1S/C12H18ClNO2S/c1-10-4-5-12(11(2)8-10)9-14(3)17(15,16)7-6-13/h4-5,8H,6-7,9H2,1-3H3. The molecule has 1 rings (SSSR count). The number of aryl methyl sites for hydroxylation is 2. The normalized spacial score (nSPS) is 12.1. The van der Waals surface area contributed by atoms with E-state index in [0.29, 0.717) is 6.54 Å². The van der Waals surface area contributed by atoms with Gasteiger partial charge in [-0.2, -0.15) is 0 Å². The van der Waals surface area contributed by atoms with Crippen molar-refractivity contribution >= 4 is 21.6 Å². The first-order valence-electron chi connectivity index (χ1n) is 5.43. The average Bonchev–Trinajstić information content (AvgIpc) is 2.22. The Morgan fingerprint density at radius 3 is 2.47 bits per heavy atom. The van der Waals surface area contributed by atoms with E-state index in [1.165, 1.54) is 9.87 Å². The topological polar surface area (TPSA) is 37.4 Å². The Morgan fingerprint density at radius 1 is 1.29 bits per heavy atom. The van der Waals surface area contributed by atoms with Gasteiger partial charge in [0.2, 0.25) is 10.0 Å². The Kier molecular flexibility index (Phi) is 4.98. The highest BCUT2D eigenvalue weighted by Gasteiger charge is 2.17. The molecule has 0 amide bonds. The molecule has 0 aromatic heterocycles. The summed E-state index contributed by atoms with van der Waals surface area (Å²) in [7, 11) is -1.65. The third-order valence-corrected chi connectivity index (χ3v) is 4.91. The molecule has 0 bridgehead atoms. The van der Waals surface area contributed by atoms with Crippen molar-refractivity contribution in [2.75, 3.05) is 18.7 Å². The fourth-order valence-corrected chi connectivity index (χ4v) is 3.04. The molecule has 0 radical (unpaired) electrons. The van der Waals surface area contributed by atoms with Crippen LogP contribution in [0.2, 0.25) is 0 Å². The van der Waals surface area contributed by atoms with Gasteiger partial charge in [-0.25, -0.2) is 12.7 Å². The predicted molar refractivity (Wildman–Crippen MR) is 71.9 cm³/mol. The second kappa shape index (κ2) is 5.85. The summed E-state index contributed by atoms with van der Waals surface area (Å²) >= 11 is 5.48. The quantitative estimate of drug-likeness (QED) is 0.774. The lowest BCUT2D eigenvalue weighted by Gasteiger charge is -2.18. The highest BCUT2D eigenvalue weighted by molar-refractivity contribution is 7.89. The van der Waals surface area contributed by atoms with Crippen LogP contribution in [0.1, 0.15) is 16.7 Å². The molecular weight excluding hydrogens is 258 g/mol. The minimum Gasteiger partial charge on any atom is -0.212 e. The van der Waals surface area contributed by atoms with E-state index in [2.05, 4.69) is 6.07 Å². The number of hydrogen-bond acceptors (Lipinski definition) is 2. The van der Waals surface area contributed by atoms with Gasteiger partial charge >= 0.3 is 0 Å². The molecule has 0 aliphatic heterocycles. The Morgan fingerprint density at radius 2 is 1.94 bits per heavy atom. The summed E-state index contributed by atoms with van der Waals surface area (Å²) in [5.41, 5.74) is 3.31. The van der Waals surface area contributed by atoms with Crippen LogP contribution in [-0.4, -0.2) is 31.4 Å². The second-order valence-corrected chi connectivity index (χ2v) is 6.76. The fraction of sp³-hybridized carbons (Fsp3) is 0.500. The number of alkyl halides is 1. The molecule has 0 saturated heterocycles. The first kappa shape index (κ1) is 14.5. The van der Waals surface area contributed by atoms with Gasteiger partial charge in [-0.1, -0.05) is 23.8 Å². The van der Waals surface area contributed by atoms with Gasteiger partial charge in [0.25, 0.3) is 0 Å². The first-order valence-corrected chi connectivity index (χ1v) is 7.57. The van der Waals surface area contributed by atoms with E-state index in [1.807, 2.05) is 26.0 Å². The van der Waals surface area contributed by atoms with Crippen molar-refractivity contribution in [3.05, 3.63) is 34.9 Å². The van der Waals surface area contributed by atoms with Crippen LogP contribution in [0.4, 0.5) is 0 Å². The van der Waals surface area contributed by atoms with Crippen LogP contribution in [-0.2, 0) is 16.6 Å². The van der Waals surface area contributed by atoms with E-state index in [1.54, 1.807) is 7.05 Å². The fourth-order valence-electron chi connectivity index (χ4n) is 1.61. The molecule has 1 aromatic rings. The van der Waals surface area contributed by atoms with Crippen molar-refractivity contribution < 1.29 is 8.42 Å². The van der Waals surface area contributed by atoms with Gasteiger partial charge in [0, 0.05) is 19.5 Å². The first-order chi connectivity index (χ1) is 7.86. The summed E-state index contributed by atoms with van der Waals surface area (Å²) in [6.45, 7) is 4.40. The van der Waals surface area contributed by atoms with Crippen molar-refractivity contribution in [2.24, 2.45) is 0 Å². The Balaban J connectivity index is 2.85. The van der Waals surface area contributed by atoms with Crippen molar-refractivity contribution in [3.63, 3.8) is 0 Å². The van der Waals surface area contributed by atoms with Gasteiger partial charge in [-0.05, 0) is 25.0 Å². The average molecular weight is 276 g/mol. The highest BCUT2D eigenvalue weighted by atomic mass is 35.5. The third kappa shape index (κ3) is 3.98. The van der Waals surface area contributed by atoms with Crippen LogP contribution in [0.3, 0.4) is 0 Å². The maximum absolute atomic E-state index is 11.8. The molecule has 0 N–H and O–H groups in total. The Bertz CT molecular complexity index is 485. The summed E-state index contributed by atoms with van der Waals surface area (Å²) < 4.78 is 24.9. The molecule has 1 aromatic carbocycles. The predicted octanol–water partition coefficient (Wildman–Crippen LogP) is 2.30. The van der Waals surface area contributed by atoms with E-state index in [9.17, 15) is 8.42 Å². The van der Waals surface area contributed by atoms with E-state index in [4.69, 9.17) is 11.6 Å². The zero-order valence-corrected chi connectivity index (χ0v) is 12.0. The van der Waals surface area contributed by atoms with E-state index >= 15 is 0 Å². The SMILES string of the molecule is Cc1ccc(CN(C)S(=O)(=O)CCCl)c(C)c1. The molecule has 0 aliphatic carbocycles. The van der Waals surface area contributed by atoms with Crippen LogP contribution in [0.5, 0.6) is 0 Å². The van der Waals surface area contributed by atoms with E-state index < -0.39 is 10.0 Å². The summed E-state index contributed by atoms with van der Waals surface area (Å²) in [6.07, 6.45) is 0. The minimum atomic E-state index is -3.23. The summed E-state index contributed by atoms with van der Waals surface area (Å²) in [6, 6.07) is 6.01. The molecular formula is C12H18ClNO2S. The molecule has 3 nitrogen and oxygen atoms in total. The number of nitrogens with zero attached hydrogens (tertiary/aromatic N) is 1. The maximum Gasteiger partial charge on any atom is 0.215 e. The maximum atomic E-state index is 11.8. The van der Waals surface area contributed by atoms with Gasteiger partial charge < -0.3 is 0 Å². The lowest BCUT2D eigenvalue weighted by Crippen LogP contribution is -2.29. The summed E-state index contributed by atoms with van der Waals surface area (Å²) in [5.74, 6) is 0.107. The van der Waals surface area contributed by atoms with E-state index in [0.717, 1.165) is 11.1 Å². The molecule has 5 heteroatoms. The van der Waals surface area contributed by atoms with Gasteiger partial charge in [-0.15, -0.1) is 11.6 Å². The molecule has 0 atom stereocenters. The van der Waals surface area contributed by atoms with Crippen molar-refractivity contribution in [1.82, 2.24) is 4.31 Å². The van der Waals surface area contributed by atoms with Crippen LogP contribution < -0.4 is 0 Å². The molecule has 0 unspecified atom stereocenters. The summed E-state index contributed by atoms with van der Waals surface area (Å²) in [4.78, 5) is 0. The van der Waals surface area contributed by atoms with Gasteiger partial charge in [0.05, 0.1) is 5.75 Å². The van der Waals surface area contributed by atoms with E-state index in [-0.39, 0.29) is 11.6 Å². The minimum absolute atomic E-state index is 0.0179. The molecule has 0 heterocycles. The number of benzene rings is 1. The van der Waals surface area contributed by atoms with Gasteiger partial charge in [-0.3, -0.25) is 0 Å². The summed E-state index contributed by atoms with van der Waals surface area (Å²) in [5, 5.41) is 0. The zero-order valence-electron chi connectivity index (χ0n) is 10.4. The largest absolute Gasteiger partial charge is 0.215 e. The third-order valence-electron chi connectivity index (χ3n) is 2.70. The smallest absolute Gasteiger partial charge is 0.212 e. The number of halogens is 1. The van der Waals surface area contributed by atoms with Crippen LogP contribution in [0, 0.1) is 13.8 Å². The monoisotopic (exact) mass is 275 g/mol. The Labute approximate surface area is 108 Å².